The molecule has 0 fully saturated rings. The number of unbranched alkanes of at least 4 members (excludes halogenated alkanes) is 1. The molecule has 0 aromatic carbocycles. The number of amides is 1. The Balaban J connectivity index is 0. The molecule has 0 aliphatic carbocycles. The van der Waals surface area contributed by atoms with E-state index in [9.17, 15) is 4.79 Å². The summed E-state index contributed by atoms with van der Waals surface area (Å²) >= 11 is 0. The van der Waals surface area contributed by atoms with Gasteiger partial charge in [-0.3, -0.25) is 4.79 Å². The van der Waals surface area contributed by atoms with Crippen molar-refractivity contribution in [1.29, 1.82) is 0 Å². The summed E-state index contributed by atoms with van der Waals surface area (Å²) in [6, 6.07) is 0. The van der Waals surface area contributed by atoms with Gasteiger partial charge in [-0.2, -0.15) is 0 Å². The maximum Gasteiger partial charge on any atom is 0.223 e. The quantitative estimate of drug-likeness (QED) is 0.633. The van der Waals surface area contributed by atoms with E-state index in [-0.39, 0.29) is 24.2 Å². The predicted octanol–water partition coefficient (Wildman–Crippen LogP) is 1.96. The van der Waals surface area contributed by atoms with Crippen LogP contribution in [0.1, 0.15) is 39.5 Å². The van der Waals surface area contributed by atoms with Crippen molar-refractivity contribution in [2.75, 3.05) is 20.1 Å². The Labute approximate surface area is 99.8 Å². The molecule has 1 amide bonds. The zero-order valence-corrected chi connectivity index (χ0v) is 11.0. The highest BCUT2D eigenvalue weighted by Crippen LogP contribution is 2.12. The van der Waals surface area contributed by atoms with Crippen molar-refractivity contribution in [3.8, 4) is 0 Å². The minimum Gasteiger partial charge on any atom is -0.355 e. The fourth-order valence-corrected chi connectivity index (χ4v) is 1.43. The molecule has 0 bridgehead atoms. The van der Waals surface area contributed by atoms with E-state index < -0.39 is 0 Å². The molecule has 0 aromatic rings. The number of hydrogen-bond donors (Lipinski definition) is 2. The van der Waals surface area contributed by atoms with Gasteiger partial charge in [0.25, 0.3) is 0 Å². The molecular formula is C11H25ClN2O. The van der Waals surface area contributed by atoms with Crippen LogP contribution in [0, 0.1) is 5.92 Å². The molecule has 1 atom stereocenters. The van der Waals surface area contributed by atoms with Gasteiger partial charge in [0, 0.05) is 19.0 Å². The highest BCUT2D eigenvalue weighted by atomic mass is 35.5. The first-order valence-electron chi connectivity index (χ1n) is 5.68. The summed E-state index contributed by atoms with van der Waals surface area (Å²) in [6.45, 7) is 5.82. The van der Waals surface area contributed by atoms with Gasteiger partial charge in [0.15, 0.2) is 0 Å². The Hall–Kier alpha value is -0.280. The minimum atomic E-state index is 0. The van der Waals surface area contributed by atoms with Gasteiger partial charge in [0.05, 0.1) is 0 Å². The zero-order valence-electron chi connectivity index (χ0n) is 10.1. The molecule has 0 saturated carbocycles. The molecular weight excluding hydrogens is 212 g/mol. The monoisotopic (exact) mass is 236 g/mol. The van der Waals surface area contributed by atoms with Crippen molar-refractivity contribution in [1.82, 2.24) is 10.6 Å². The first kappa shape index (κ1) is 17.1. The van der Waals surface area contributed by atoms with E-state index >= 15 is 0 Å². The summed E-state index contributed by atoms with van der Waals surface area (Å²) in [4.78, 5) is 11.6. The van der Waals surface area contributed by atoms with Crippen LogP contribution in [0.3, 0.4) is 0 Å². The average Bonchev–Trinajstić information content (AvgIpc) is 2.19. The lowest BCUT2D eigenvalue weighted by molar-refractivity contribution is -0.125. The van der Waals surface area contributed by atoms with Gasteiger partial charge in [-0.15, -0.1) is 12.4 Å². The maximum atomic E-state index is 11.6. The van der Waals surface area contributed by atoms with Gasteiger partial charge in [-0.1, -0.05) is 26.7 Å². The van der Waals surface area contributed by atoms with Gasteiger partial charge in [0.1, 0.15) is 0 Å². The molecule has 0 radical (unpaired) electrons. The SMILES string of the molecule is CCCCC(CC)C(=O)NCCNC.Cl. The summed E-state index contributed by atoms with van der Waals surface area (Å²) in [5.41, 5.74) is 0. The number of likely N-dealkylation sites (N-methyl/N-ethyl adjacent to an activating group) is 1. The summed E-state index contributed by atoms with van der Waals surface area (Å²) in [6.07, 6.45) is 4.29. The van der Waals surface area contributed by atoms with E-state index in [2.05, 4.69) is 24.5 Å². The number of rotatable bonds is 8. The normalized spacial score (nSPS) is 11.7. The third-order valence-corrected chi connectivity index (χ3v) is 2.44. The van der Waals surface area contributed by atoms with Crippen LogP contribution in [0.15, 0.2) is 0 Å². The molecule has 2 N–H and O–H groups in total. The van der Waals surface area contributed by atoms with E-state index in [1.165, 1.54) is 6.42 Å². The van der Waals surface area contributed by atoms with Crippen LogP contribution in [0.25, 0.3) is 0 Å². The molecule has 0 aliphatic rings. The van der Waals surface area contributed by atoms with Crippen LogP contribution < -0.4 is 10.6 Å². The predicted molar refractivity (Wildman–Crippen MR) is 67.5 cm³/mol. The Bertz CT molecular complexity index is 154. The number of hydrogen-bond acceptors (Lipinski definition) is 2. The van der Waals surface area contributed by atoms with Gasteiger partial charge in [0.2, 0.25) is 5.91 Å². The second-order valence-corrected chi connectivity index (χ2v) is 3.64. The van der Waals surface area contributed by atoms with Crippen LogP contribution in [0.4, 0.5) is 0 Å². The van der Waals surface area contributed by atoms with Gasteiger partial charge in [-0.05, 0) is 19.9 Å². The zero-order chi connectivity index (χ0) is 10.8. The highest BCUT2D eigenvalue weighted by Gasteiger charge is 2.14. The van der Waals surface area contributed by atoms with Gasteiger partial charge in [-0.25, -0.2) is 0 Å². The number of carbonyl (C=O) groups excluding carboxylic acids is 1. The highest BCUT2D eigenvalue weighted by molar-refractivity contribution is 5.85. The van der Waals surface area contributed by atoms with Crippen LogP contribution in [-0.2, 0) is 4.79 Å². The number of halogens is 1. The summed E-state index contributed by atoms with van der Waals surface area (Å²) in [7, 11) is 1.89. The molecule has 1 unspecified atom stereocenters. The summed E-state index contributed by atoms with van der Waals surface area (Å²) < 4.78 is 0. The molecule has 4 heteroatoms. The average molecular weight is 237 g/mol. The second kappa shape index (κ2) is 11.8. The lowest BCUT2D eigenvalue weighted by atomic mass is 9.98. The van der Waals surface area contributed by atoms with E-state index in [0.717, 1.165) is 32.4 Å². The molecule has 92 valence electrons. The largest absolute Gasteiger partial charge is 0.355 e. The van der Waals surface area contributed by atoms with E-state index in [1.54, 1.807) is 0 Å². The van der Waals surface area contributed by atoms with Gasteiger partial charge < -0.3 is 10.6 Å². The fourth-order valence-electron chi connectivity index (χ4n) is 1.43. The van der Waals surface area contributed by atoms with Crippen LogP contribution >= 0.6 is 12.4 Å². The molecule has 0 saturated heterocycles. The van der Waals surface area contributed by atoms with Crippen LogP contribution in [-0.4, -0.2) is 26.0 Å². The maximum absolute atomic E-state index is 11.6. The van der Waals surface area contributed by atoms with Crippen molar-refractivity contribution < 1.29 is 4.79 Å². The molecule has 0 spiro atoms. The Morgan fingerprint density at radius 2 is 1.93 bits per heavy atom. The molecule has 15 heavy (non-hydrogen) atoms. The summed E-state index contributed by atoms with van der Waals surface area (Å²) in [5.74, 6) is 0.433. The molecule has 0 heterocycles. The number of nitrogens with one attached hydrogen (secondary N) is 2. The third-order valence-electron chi connectivity index (χ3n) is 2.44. The molecule has 0 rings (SSSR count). The first-order chi connectivity index (χ1) is 6.76. The van der Waals surface area contributed by atoms with Crippen LogP contribution in [0.2, 0.25) is 0 Å². The molecule has 0 aromatic heterocycles. The van der Waals surface area contributed by atoms with Crippen molar-refractivity contribution in [3.63, 3.8) is 0 Å². The van der Waals surface area contributed by atoms with E-state index in [4.69, 9.17) is 0 Å². The topological polar surface area (TPSA) is 41.1 Å². The minimum absolute atomic E-state index is 0. The lowest BCUT2D eigenvalue weighted by Gasteiger charge is -2.14. The molecule has 0 aliphatic heterocycles. The van der Waals surface area contributed by atoms with Crippen molar-refractivity contribution in [3.05, 3.63) is 0 Å². The first-order valence-corrected chi connectivity index (χ1v) is 5.68. The van der Waals surface area contributed by atoms with Crippen LogP contribution in [0.5, 0.6) is 0 Å². The standard InChI is InChI=1S/C11H24N2O.ClH/c1-4-6-7-10(5-2)11(14)13-9-8-12-3;/h10,12H,4-9H2,1-3H3,(H,13,14);1H. The Kier molecular flexibility index (Phi) is 13.5. The van der Waals surface area contributed by atoms with Crippen molar-refractivity contribution in [2.24, 2.45) is 5.92 Å². The third kappa shape index (κ3) is 8.70. The summed E-state index contributed by atoms with van der Waals surface area (Å²) in [5, 5.41) is 5.95. The number of carbonyl (C=O) groups is 1. The van der Waals surface area contributed by atoms with E-state index in [1.807, 2.05) is 7.05 Å². The van der Waals surface area contributed by atoms with Gasteiger partial charge >= 0.3 is 0 Å². The Morgan fingerprint density at radius 1 is 1.27 bits per heavy atom. The smallest absolute Gasteiger partial charge is 0.223 e. The molecule has 3 nitrogen and oxygen atoms in total. The second-order valence-electron chi connectivity index (χ2n) is 3.64. The Morgan fingerprint density at radius 3 is 2.40 bits per heavy atom. The van der Waals surface area contributed by atoms with Crippen molar-refractivity contribution >= 4 is 18.3 Å². The van der Waals surface area contributed by atoms with Crippen molar-refractivity contribution in [2.45, 2.75) is 39.5 Å². The van der Waals surface area contributed by atoms with E-state index in [0.29, 0.717) is 0 Å². The fraction of sp³-hybridized carbons (Fsp3) is 0.909. The lowest BCUT2D eigenvalue weighted by Crippen LogP contribution is -2.34.